The Hall–Kier alpha value is -3.02. The quantitative estimate of drug-likeness (QED) is 0.690. The largest absolute Gasteiger partial charge is 0.482 e. The first-order valence-electron chi connectivity index (χ1n) is 7.49. The van der Waals surface area contributed by atoms with Crippen LogP contribution in [0.15, 0.2) is 36.4 Å². The molecule has 0 spiro atoms. The van der Waals surface area contributed by atoms with E-state index in [1.165, 1.54) is 0 Å². The van der Waals surface area contributed by atoms with E-state index in [2.05, 4.69) is 5.32 Å². The van der Waals surface area contributed by atoms with Crippen molar-refractivity contribution in [1.29, 1.82) is 0 Å². The Morgan fingerprint density at radius 3 is 2.92 bits per heavy atom. The number of hydrogen-bond acceptors (Lipinski definition) is 5. The summed E-state index contributed by atoms with van der Waals surface area (Å²) in [5, 5.41) is 2.66. The number of ether oxygens (including phenoxy) is 3. The SMILES string of the molecule is Cc1cccc(OCC(=O)Oc2ccc3c(c2)NC(=O)CO3)c1C. The standard InChI is InChI=1S/C18H17NO5/c1-11-4-3-5-15(12(11)2)23-10-18(21)24-13-6-7-16-14(8-13)19-17(20)9-22-16/h3-8H,9-10H2,1-2H3,(H,19,20). The highest BCUT2D eigenvalue weighted by Gasteiger charge is 2.17. The molecule has 0 bridgehead atoms. The summed E-state index contributed by atoms with van der Waals surface area (Å²) in [5.74, 6) is 0.733. The van der Waals surface area contributed by atoms with Gasteiger partial charge >= 0.3 is 5.97 Å². The molecule has 0 aromatic heterocycles. The van der Waals surface area contributed by atoms with Crippen LogP contribution in [0.3, 0.4) is 0 Å². The van der Waals surface area contributed by atoms with Crippen LogP contribution in [-0.2, 0) is 9.59 Å². The first kappa shape index (κ1) is 15.9. The number of aryl methyl sites for hydroxylation is 1. The molecule has 0 unspecified atom stereocenters. The van der Waals surface area contributed by atoms with E-state index in [0.29, 0.717) is 22.9 Å². The fraction of sp³-hybridized carbons (Fsp3) is 0.222. The molecule has 0 saturated heterocycles. The van der Waals surface area contributed by atoms with Crippen molar-refractivity contribution in [3.05, 3.63) is 47.5 Å². The zero-order chi connectivity index (χ0) is 17.1. The predicted octanol–water partition coefficient (Wildman–Crippen LogP) is 2.62. The van der Waals surface area contributed by atoms with E-state index in [9.17, 15) is 9.59 Å². The van der Waals surface area contributed by atoms with E-state index in [1.807, 2.05) is 26.0 Å². The Morgan fingerprint density at radius 2 is 2.08 bits per heavy atom. The Kier molecular flexibility index (Phi) is 4.37. The summed E-state index contributed by atoms with van der Waals surface area (Å²) >= 11 is 0. The summed E-state index contributed by atoms with van der Waals surface area (Å²) < 4.78 is 16.0. The van der Waals surface area contributed by atoms with Crippen LogP contribution >= 0.6 is 0 Å². The monoisotopic (exact) mass is 327 g/mol. The minimum Gasteiger partial charge on any atom is -0.482 e. The van der Waals surface area contributed by atoms with Crippen molar-refractivity contribution in [3.63, 3.8) is 0 Å². The number of amides is 1. The summed E-state index contributed by atoms with van der Waals surface area (Å²) in [5.41, 5.74) is 2.55. The van der Waals surface area contributed by atoms with Crippen molar-refractivity contribution in [3.8, 4) is 17.2 Å². The number of benzene rings is 2. The Morgan fingerprint density at radius 1 is 1.25 bits per heavy atom. The van der Waals surface area contributed by atoms with Gasteiger partial charge in [0, 0.05) is 6.07 Å². The molecule has 0 fully saturated rings. The summed E-state index contributed by atoms with van der Waals surface area (Å²) in [4.78, 5) is 23.3. The number of rotatable bonds is 4. The molecule has 3 rings (SSSR count). The highest BCUT2D eigenvalue weighted by Crippen LogP contribution is 2.31. The first-order valence-corrected chi connectivity index (χ1v) is 7.49. The second kappa shape index (κ2) is 6.62. The Labute approximate surface area is 139 Å². The average molecular weight is 327 g/mol. The third-order valence-corrected chi connectivity index (χ3v) is 3.72. The molecule has 6 heteroatoms. The van der Waals surface area contributed by atoms with Crippen molar-refractivity contribution < 1.29 is 23.8 Å². The zero-order valence-corrected chi connectivity index (χ0v) is 13.4. The van der Waals surface area contributed by atoms with Gasteiger partial charge in [0.05, 0.1) is 5.69 Å². The summed E-state index contributed by atoms with van der Waals surface area (Å²) in [6.07, 6.45) is 0. The lowest BCUT2D eigenvalue weighted by atomic mass is 10.1. The van der Waals surface area contributed by atoms with Crippen LogP contribution in [0.5, 0.6) is 17.2 Å². The fourth-order valence-corrected chi connectivity index (χ4v) is 2.30. The maximum Gasteiger partial charge on any atom is 0.349 e. The van der Waals surface area contributed by atoms with Crippen LogP contribution in [0, 0.1) is 13.8 Å². The van der Waals surface area contributed by atoms with E-state index in [4.69, 9.17) is 14.2 Å². The highest BCUT2D eigenvalue weighted by atomic mass is 16.6. The van der Waals surface area contributed by atoms with Crippen LogP contribution in [0.4, 0.5) is 5.69 Å². The molecule has 1 N–H and O–H groups in total. The number of fused-ring (bicyclic) bond motifs is 1. The van der Waals surface area contributed by atoms with Gasteiger partial charge in [-0.1, -0.05) is 12.1 Å². The Balaban J connectivity index is 1.62. The van der Waals surface area contributed by atoms with Gasteiger partial charge in [0.1, 0.15) is 17.2 Å². The molecule has 1 amide bonds. The van der Waals surface area contributed by atoms with Crippen molar-refractivity contribution in [2.24, 2.45) is 0 Å². The molecule has 6 nitrogen and oxygen atoms in total. The van der Waals surface area contributed by atoms with Crippen LogP contribution in [0.25, 0.3) is 0 Å². The van der Waals surface area contributed by atoms with E-state index < -0.39 is 5.97 Å². The molecular formula is C18H17NO5. The summed E-state index contributed by atoms with van der Waals surface area (Å²) in [7, 11) is 0. The van der Waals surface area contributed by atoms with Gasteiger partial charge < -0.3 is 19.5 Å². The molecule has 1 heterocycles. The minimum absolute atomic E-state index is 0.0180. The number of nitrogens with one attached hydrogen (secondary N) is 1. The van der Waals surface area contributed by atoms with Gasteiger partial charge in [-0.3, -0.25) is 4.79 Å². The number of carbonyl (C=O) groups is 2. The van der Waals surface area contributed by atoms with Gasteiger partial charge in [0.25, 0.3) is 5.91 Å². The van der Waals surface area contributed by atoms with Crippen molar-refractivity contribution in [2.45, 2.75) is 13.8 Å². The smallest absolute Gasteiger partial charge is 0.349 e. The van der Waals surface area contributed by atoms with Crippen molar-refractivity contribution in [2.75, 3.05) is 18.5 Å². The molecular weight excluding hydrogens is 310 g/mol. The second-order valence-electron chi connectivity index (χ2n) is 5.46. The number of anilines is 1. The van der Waals surface area contributed by atoms with Gasteiger partial charge in [0.2, 0.25) is 0 Å². The number of hydrogen-bond donors (Lipinski definition) is 1. The highest BCUT2D eigenvalue weighted by molar-refractivity contribution is 5.95. The van der Waals surface area contributed by atoms with E-state index in [-0.39, 0.29) is 19.1 Å². The third kappa shape index (κ3) is 3.48. The number of esters is 1. The van der Waals surface area contributed by atoms with Crippen molar-refractivity contribution in [1.82, 2.24) is 0 Å². The zero-order valence-electron chi connectivity index (χ0n) is 13.4. The molecule has 2 aromatic rings. The molecule has 24 heavy (non-hydrogen) atoms. The van der Waals surface area contributed by atoms with E-state index in [0.717, 1.165) is 11.1 Å². The van der Waals surface area contributed by atoms with Gasteiger partial charge in [-0.25, -0.2) is 4.79 Å². The predicted molar refractivity (Wildman–Crippen MR) is 87.6 cm³/mol. The molecule has 124 valence electrons. The topological polar surface area (TPSA) is 73.9 Å². The van der Waals surface area contributed by atoms with Gasteiger partial charge in [-0.15, -0.1) is 0 Å². The molecule has 1 aliphatic heterocycles. The number of carbonyl (C=O) groups excluding carboxylic acids is 2. The van der Waals surface area contributed by atoms with Gasteiger partial charge in [-0.2, -0.15) is 0 Å². The average Bonchev–Trinajstić information content (AvgIpc) is 2.56. The van der Waals surface area contributed by atoms with E-state index >= 15 is 0 Å². The van der Waals surface area contributed by atoms with Crippen LogP contribution in [-0.4, -0.2) is 25.1 Å². The van der Waals surface area contributed by atoms with Crippen LogP contribution in [0.1, 0.15) is 11.1 Å². The fourth-order valence-electron chi connectivity index (χ4n) is 2.30. The summed E-state index contributed by atoms with van der Waals surface area (Å²) in [6, 6.07) is 10.4. The third-order valence-electron chi connectivity index (χ3n) is 3.72. The molecule has 0 aliphatic carbocycles. The maximum atomic E-state index is 11.9. The lowest BCUT2D eigenvalue weighted by molar-refractivity contribution is -0.136. The molecule has 0 saturated carbocycles. The van der Waals surface area contributed by atoms with E-state index in [1.54, 1.807) is 24.3 Å². The molecule has 0 radical (unpaired) electrons. The van der Waals surface area contributed by atoms with Gasteiger partial charge in [0.15, 0.2) is 13.2 Å². The normalized spacial score (nSPS) is 12.7. The lowest BCUT2D eigenvalue weighted by Gasteiger charge is -2.18. The Bertz CT molecular complexity index is 800. The second-order valence-corrected chi connectivity index (χ2v) is 5.46. The maximum absolute atomic E-state index is 11.9. The van der Waals surface area contributed by atoms with Gasteiger partial charge in [-0.05, 0) is 43.2 Å². The lowest BCUT2D eigenvalue weighted by Crippen LogP contribution is -2.25. The molecule has 1 aliphatic rings. The molecule has 0 atom stereocenters. The van der Waals surface area contributed by atoms with Crippen molar-refractivity contribution >= 4 is 17.6 Å². The van der Waals surface area contributed by atoms with Crippen LogP contribution in [0.2, 0.25) is 0 Å². The molecule has 2 aromatic carbocycles. The summed E-state index contributed by atoms with van der Waals surface area (Å²) in [6.45, 7) is 3.69. The minimum atomic E-state index is -0.529. The first-order chi connectivity index (χ1) is 11.5. The van der Waals surface area contributed by atoms with Crippen LogP contribution < -0.4 is 19.5 Å².